The summed E-state index contributed by atoms with van der Waals surface area (Å²) in [5, 5.41) is 0. The molecule has 2 rings (SSSR count). The number of rotatable bonds is 5. The molecule has 3 heteroatoms. The molecule has 0 unspecified atom stereocenters. The quantitative estimate of drug-likeness (QED) is 0.471. The van der Waals surface area contributed by atoms with Crippen LogP contribution in [0.2, 0.25) is 0 Å². The van der Waals surface area contributed by atoms with E-state index in [1.807, 2.05) is 36.4 Å². The molecular weight excluding hydrogens is 276 g/mol. The fourth-order valence-corrected chi connectivity index (χ4v) is 1.98. The molecule has 3 nitrogen and oxygen atoms in total. The number of hydrogen-bond donors (Lipinski definition) is 0. The Labute approximate surface area is 130 Å². The average molecular weight is 294 g/mol. The number of hydrogen-bond acceptors (Lipinski definition) is 3. The van der Waals surface area contributed by atoms with Crippen molar-refractivity contribution in [2.75, 3.05) is 6.61 Å². The molecule has 0 saturated carbocycles. The second kappa shape index (κ2) is 7.36. The fraction of sp³-hybridized carbons (Fsp3) is 0.158. The van der Waals surface area contributed by atoms with Crippen molar-refractivity contribution in [2.45, 2.75) is 13.3 Å². The first-order chi connectivity index (χ1) is 10.6. The number of Topliss-reactive ketones (excluding diaryl/α,β-unsaturated/α-hetero) is 1. The van der Waals surface area contributed by atoms with Crippen molar-refractivity contribution in [1.82, 2.24) is 0 Å². The molecule has 0 fully saturated rings. The van der Waals surface area contributed by atoms with Gasteiger partial charge in [-0.2, -0.15) is 0 Å². The Morgan fingerprint density at radius 1 is 1.23 bits per heavy atom. The number of carbonyl (C=O) groups excluding carboxylic acids is 2. The topological polar surface area (TPSA) is 43.4 Å². The lowest BCUT2D eigenvalue weighted by Gasteiger charge is -2.09. The Bertz CT molecular complexity index is 676. The van der Waals surface area contributed by atoms with Crippen molar-refractivity contribution in [3.05, 3.63) is 83.5 Å². The predicted molar refractivity (Wildman–Crippen MR) is 86.5 cm³/mol. The third-order valence-corrected chi connectivity index (χ3v) is 3.24. The molecule has 0 radical (unpaired) electrons. The number of benzene rings is 1. The maximum Gasteiger partial charge on any atom is 0.333 e. The van der Waals surface area contributed by atoms with Crippen LogP contribution in [0.5, 0.6) is 0 Å². The van der Waals surface area contributed by atoms with Crippen LogP contribution in [-0.4, -0.2) is 18.4 Å². The van der Waals surface area contributed by atoms with Crippen molar-refractivity contribution in [1.29, 1.82) is 0 Å². The Hall–Kier alpha value is -2.68. The third-order valence-electron chi connectivity index (χ3n) is 3.24. The largest absolute Gasteiger partial charge is 0.458 e. The maximum atomic E-state index is 12.3. The molecule has 0 bridgehead atoms. The highest BCUT2D eigenvalue weighted by molar-refractivity contribution is 6.10. The zero-order valence-corrected chi connectivity index (χ0v) is 12.5. The van der Waals surface area contributed by atoms with Crippen LogP contribution in [-0.2, 0) is 9.53 Å². The van der Waals surface area contributed by atoms with Gasteiger partial charge < -0.3 is 4.74 Å². The van der Waals surface area contributed by atoms with Crippen LogP contribution in [0.15, 0.2) is 77.9 Å². The van der Waals surface area contributed by atoms with Crippen LogP contribution in [0.1, 0.15) is 23.7 Å². The predicted octanol–water partition coefficient (Wildman–Crippen LogP) is 3.80. The van der Waals surface area contributed by atoms with Gasteiger partial charge in [0.05, 0.1) is 0 Å². The number of allylic oxidation sites excluding steroid dienone is 5. The molecule has 0 saturated heterocycles. The number of ether oxygens (including phenoxy) is 1. The summed E-state index contributed by atoms with van der Waals surface area (Å²) < 4.78 is 5.01. The Morgan fingerprint density at radius 2 is 1.95 bits per heavy atom. The van der Waals surface area contributed by atoms with E-state index < -0.39 is 5.97 Å². The van der Waals surface area contributed by atoms with Crippen molar-refractivity contribution in [3.63, 3.8) is 0 Å². The van der Waals surface area contributed by atoms with Crippen molar-refractivity contribution < 1.29 is 14.3 Å². The summed E-state index contributed by atoms with van der Waals surface area (Å²) in [5.74, 6) is -0.378. The van der Waals surface area contributed by atoms with Gasteiger partial charge in [0.1, 0.15) is 6.61 Å². The smallest absolute Gasteiger partial charge is 0.333 e. The van der Waals surface area contributed by atoms with Gasteiger partial charge >= 0.3 is 5.97 Å². The second-order valence-corrected chi connectivity index (χ2v) is 5.05. The molecule has 0 aromatic heterocycles. The molecular formula is C19H18O3. The molecule has 1 aromatic rings. The van der Waals surface area contributed by atoms with Gasteiger partial charge in [-0.3, -0.25) is 4.79 Å². The number of ketones is 1. The summed E-state index contributed by atoms with van der Waals surface area (Å²) in [5.41, 5.74) is 2.76. The first-order valence-corrected chi connectivity index (χ1v) is 7.07. The second-order valence-electron chi connectivity index (χ2n) is 5.05. The molecule has 0 amide bonds. The maximum absolute atomic E-state index is 12.3. The molecule has 0 spiro atoms. The fourth-order valence-electron chi connectivity index (χ4n) is 1.98. The molecule has 112 valence electrons. The van der Waals surface area contributed by atoms with Crippen molar-refractivity contribution in [2.24, 2.45) is 0 Å². The van der Waals surface area contributed by atoms with Crippen molar-refractivity contribution in [3.8, 4) is 0 Å². The van der Waals surface area contributed by atoms with E-state index in [1.54, 1.807) is 25.1 Å². The van der Waals surface area contributed by atoms with Crippen LogP contribution >= 0.6 is 0 Å². The minimum Gasteiger partial charge on any atom is -0.458 e. The van der Waals surface area contributed by atoms with Gasteiger partial charge in [0.15, 0.2) is 5.78 Å². The first kappa shape index (κ1) is 15.7. The van der Waals surface area contributed by atoms with Crippen LogP contribution in [0, 0.1) is 0 Å². The van der Waals surface area contributed by atoms with E-state index >= 15 is 0 Å². The summed E-state index contributed by atoms with van der Waals surface area (Å²) >= 11 is 0. The molecule has 0 aliphatic heterocycles. The van der Waals surface area contributed by atoms with Crippen LogP contribution in [0.4, 0.5) is 0 Å². The lowest BCUT2D eigenvalue weighted by Crippen LogP contribution is -2.06. The van der Waals surface area contributed by atoms with Gasteiger partial charge in [0.25, 0.3) is 0 Å². The van der Waals surface area contributed by atoms with Gasteiger partial charge in [0, 0.05) is 16.7 Å². The molecule has 22 heavy (non-hydrogen) atoms. The summed E-state index contributed by atoms with van der Waals surface area (Å²) in [7, 11) is 0. The molecule has 1 aliphatic carbocycles. The molecule has 0 N–H and O–H groups in total. The van der Waals surface area contributed by atoms with Crippen LogP contribution in [0.25, 0.3) is 0 Å². The van der Waals surface area contributed by atoms with E-state index in [-0.39, 0.29) is 12.4 Å². The van der Waals surface area contributed by atoms with Gasteiger partial charge in [-0.1, -0.05) is 55.1 Å². The van der Waals surface area contributed by atoms with Crippen LogP contribution in [0.3, 0.4) is 0 Å². The minimum atomic E-state index is -0.396. The SMILES string of the molecule is C=C(C)C(=O)OCC=C1C=CC(C(=O)c2ccccc2)=CC1. The van der Waals surface area contributed by atoms with Crippen LogP contribution < -0.4 is 0 Å². The highest BCUT2D eigenvalue weighted by Gasteiger charge is 2.12. The summed E-state index contributed by atoms with van der Waals surface area (Å²) in [6, 6.07) is 9.19. The molecule has 0 atom stereocenters. The summed E-state index contributed by atoms with van der Waals surface area (Å²) in [4.78, 5) is 23.5. The third kappa shape index (κ3) is 4.16. The van der Waals surface area contributed by atoms with E-state index in [2.05, 4.69) is 6.58 Å². The standard InChI is InChI=1S/C19H18O3/c1-14(2)19(21)22-13-12-15-8-10-17(11-9-15)18(20)16-6-4-3-5-7-16/h3-8,10-12H,1,9,13H2,2H3. The zero-order valence-electron chi connectivity index (χ0n) is 12.5. The monoisotopic (exact) mass is 294 g/mol. The first-order valence-electron chi connectivity index (χ1n) is 7.07. The van der Waals surface area contributed by atoms with Crippen molar-refractivity contribution >= 4 is 11.8 Å². The van der Waals surface area contributed by atoms with E-state index in [1.165, 1.54) is 0 Å². The molecule has 1 aromatic carbocycles. The normalized spacial score (nSPS) is 15.3. The van der Waals surface area contributed by atoms with Gasteiger partial charge in [0.2, 0.25) is 0 Å². The van der Waals surface area contributed by atoms with E-state index in [0.717, 1.165) is 5.57 Å². The van der Waals surface area contributed by atoms with E-state index in [9.17, 15) is 9.59 Å². The average Bonchev–Trinajstić information content (AvgIpc) is 2.55. The minimum absolute atomic E-state index is 0.0182. The highest BCUT2D eigenvalue weighted by atomic mass is 16.5. The summed E-state index contributed by atoms with van der Waals surface area (Å²) in [6.07, 6.45) is 8.05. The number of carbonyl (C=O) groups is 2. The van der Waals surface area contributed by atoms with Gasteiger partial charge in [-0.25, -0.2) is 4.79 Å². The molecule has 0 heterocycles. The van der Waals surface area contributed by atoms with E-state index in [4.69, 9.17) is 4.74 Å². The lowest BCUT2D eigenvalue weighted by atomic mass is 9.96. The van der Waals surface area contributed by atoms with Gasteiger partial charge in [-0.15, -0.1) is 0 Å². The zero-order chi connectivity index (χ0) is 15.9. The highest BCUT2D eigenvalue weighted by Crippen LogP contribution is 2.19. The van der Waals surface area contributed by atoms with E-state index in [0.29, 0.717) is 23.1 Å². The Balaban J connectivity index is 1.93. The Morgan fingerprint density at radius 3 is 2.55 bits per heavy atom. The lowest BCUT2D eigenvalue weighted by molar-refractivity contribution is -0.137. The number of esters is 1. The van der Waals surface area contributed by atoms with Gasteiger partial charge in [-0.05, 0) is 25.0 Å². The molecule has 1 aliphatic rings. The Kier molecular flexibility index (Phi) is 5.26. The summed E-state index contributed by atoms with van der Waals surface area (Å²) in [6.45, 7) is 5.34.